The molecule has 0 nitrogen and oxygen atoms in total. The highest BCUT2D eigenvalue weighted by molar-refractivity contribution is 6.50. The van der Waals surface area contributed by atoms with Gasteiger partial charge in [0.25, 0.3) is 0 Å². The summed E-state index contributed by atoms with van der Waals surface area (Å²) in [4.78, 5) is 0. The standard InChI is InChI=1S/C13H14Cl2.2C2H6/c1-3-8-11(4-2)13(14,15)12-9-6-5-7-10-12;2*1-2/h3-10H,1-2H3;2*1-2H3/b8-3-,11-4+;;. The van der Waals surface area contributed by atoms with Crippen LogP contribution in [0.25, 0.3) is 0 Å². The minimum Gasteiger partial charge on any atom is -0.0909 e. The number of alkyl halides is 2. The largest absolute Gasteiger partial charge is 0.167 e. The second-order valence-corrected chi connectivity index (χ2v) is 4.51. The van der Waals surface area contributed by atoms with Gasteiger partial charge in [-0.1, -0.05) is 99.5 Å². The Kier molecular flexibility index (Phi) is 13.4. The molecule has 0 heterocycles. The quantitative estimate of drug-likeness (QED) is 0.421. The van der Waals surface area contributed by atoms with Crippen LogP contribution >= 0.6 is 23.2 Å². The zero-order valence-electron chi connectivity index (χ0n) is 12.9. The summed E-state index contributed by atoms with van der Waals surface area (Å²) in [5.74, 6) is 0. The Morgan fingerprint density at radius 1 is 0.947 bits per heavy atom. The van der Waals surface area contributed by atoms with Gasteiger partial charge in [-0.2, -0.15) is 0 Å². The maximum absolute atomic E-state index is 6.35. The smallest absolute Gasteiger partial charge is 0.0909 e. The molecule has 0 N–H and O–H groups in total. The van der Waals surface area contributed by atoms with E-state index in [1.807, 2.05) is 90.1 Å². The minimum absolute atomic E-state index is 0.888. The summed E-state index contributed by atoms with van der Waals surface area (Å²) in [7, 11) is 0. The molecule has 0 aromatic heterocycles. The molecule has 0 aliphatic rings. The fraction of sp³-hybridized carbons (Fsp3) is 0.412. The fourth-order valence-corrected chi connectivity index (χ4v) is 1.97. The summed E-state index contributed by atoms with van der Waals surface area (Å²) in [6, 6.07) is 9.65. The van der Waals surface area contributed by atoms with Crippen LogP contribution in [-0.2, 0) is 4.33 Å². The van der Waals surface area contributed by atoms with Crippen molar-refractivity contribution < 1.29 is 0 Å². The minimum atomic E-state index is -0.970. The van der Waals surface area contributed by atoms with Gasteiger partial charge in [-0.25, -0.2) is 0 Å². The molecule has 0 fully saturated rings. The molecule has 0 aliphatic heterocycles. The van der Waals surface area contributed by atoms with Crippen LogP contribution in [0.4, 0.5) is 0 Å². The summed E-state index contributed by atoms with van der Waals surface area (Å²) < 4.78 is -0.970. The summed E-state index contributed by atoms with van der Waals surface area (Å²) in [6.07, 6.45) is 5.78. The Bertz CT molecular complexity index is 362. The normalized spacial score (nSPS) is 11.3. The van der Waals surface area contributed by atoms with E-state index < -0.39 is 4.33 Å². The van der Waals surface area contributed by atoms with E-state index in [0.29, 0.717) is 0 Å². The van der Waals surface area contributed by atoms with Crippen molar-refractivity contribution in [3.63, 3.8) is 0 Å². The third kappa shape index (κ3) is 6.84. The van der Waals surface area contributed by atoms with Crippen molar-refractivity contribution in [3.8, 4) is 0 Å². The lowest BCUT2D eigenvalue weighted by molar-refractivity contribution is 1.03. The average molecular weight is 301 g/mol. The molecule has 0 atom stereocenters. The van der Waals surface area contributed by atoms with Crippen molar-refractivity contribution in [2.45, 2.75) is 45.9 Å². The highest BCUT2D eigenvalue weighted by atomic mass is 35.5. The van der Waals surface area contributed by atoms with Crippen molar-refractivity contribution in [3.05, 3.63) is 59.7 Å². The topological polar surface area (TPSA) is 0 Å². The molecule has 0 saturated heterocycles. The van der Waals surface area contributed by atoms with Gasteiger partial charge < -0.3 is 0 Å². The second kappa shape index (κ2) is 12.3. The van der Waals surface area contributed by atoms with Crippen LogP contribution in [0.3, 0.4) is 0 Å². The highest BCUT2D eigenvalue weighted by Gasteiger charge is 2.28. The van der Waals surface area contributed by atoms with E-state index in [9.17, 15) is 0 Å². The molecule has 1 aromatic rings. The van der Waals surface area contributed by atoms with Crippen LogP contribution in [0, 0.1) is 0 Å². The molecular weight excluding hydrogens is 275 g/mol. The van der Waals surface area contributed by atoms with Crippen LogP contribution < -0.4 is 0 Å². The Hall–Kier alpha value is -0.720. The SMILES string of the molecule is C/C=C\C(=C/C)C(Cl)(Cl)c1ccccc1.CC.CC. The first-order valence-corrected chi connectivity index (χ1v) is 7.61. The van der Waals surface area contributed by atoms with Gasteiger partial charge in [-0.05, 0) is 25.0 Å². The summed E-state index contributed by atoms with van der Waals surface area (Å²) in [5, 5.41) is 0. The maximum Gasteiger partial charge on any atom is 0.167 e. The molecule has 0 bridgehead atoms. The van der Waals surface area contributed by atoms with Crippen molar-refractivity contribution >= 4 is 23.2 Å². The predicted molar refractivity (Wildman–Crippen MR) is 91.1 cm³/mol. The van der Waals surface area contributed by atoms with Gasteiger partial charge >= 0.3 is 0 Å². The number of halogens is 2. The molecule has 19 heavy (non-hydrogen) atoms. The highest BCUT2D eigenvalue weighted by Crippen LogP contribution is 2.41. The number of allylic oxidation sites excluding steroid dienone is 4. The lowest BCUT2D eigenvalue weighted by Gasteiger charge is -2.21. The van der Waals surface area contributed by atoms with Gasteiger partial charge in [0.15, 0.2) is 4.33 Å². The molecule has 0 unspecified atom stereocenters. The average Bonchev–Trinajstić information content (AvgIpc) is 2.49. The molecule has 0 radical (unpaired) electrons. The first kappa shape index (κ1) is 20.6. The molecule has 0 amide bonds. The van der Waals surface area contributed by atoms with Crippen molar-refractivity contribution in [1.82, 2.24) is 0 Å². The molecule has 0 saturated carbocycles. The van der Waals surface area contributed by atoms with Crippen molar-refractivity contribution in [2.24, 2.45) is 0 Å². The van der Waals surface area contributed by atoms with Gasteiger partial charge in [0.2, 0.25) is 0 Å². The van der Waals surface area contributed by atoms with Gasteiger partial charge in [-0.15, -0.1) is 0 Å². The number of benzene rings is 1. The van der Waals surface area contributed by atoms with Gasteiger partial charge in [0.1, 0.15) is 0 Å². The first-order chi connectivity index (χ1) is 9.12. The van der Waals surface area contributed by atoms with E-state index in [-0.39, 0.29) is 0 Å². The molecule has 108 valence electrons. The van der Waals surface area contributed by atoms with E-state index in [2.05, 4.69) is 0 Å². The van der Waals surface area contributed by atoms with Crippen LogP contribution in [0.2, 0.25) is 0 Å². The van der Waals surface area contributed by atoms with E-state index in [0.717, 1.165) is 11.1 Å². The molecule has 1 aromatic carbocycles. The van der Waals surface area contributed by atoms with Crippen LogP contribution in [-0.4, -0.2) is 0 Å². The molecule has 0 spiro atoms. The van der Waals surface area contributed by atoms with Crippen molar-refractivity contribution in [2.75, 3.05) is 0 Å². The summed E-state index contributed by atoms with van der Waals surface area (Å²) in [6.45, 7) is 11.9. The van der Waals surface area contributed by atoms with Crippen molar-refractivity contribution in [1.29, 1.82) is 0 Å². The Labute approximate surface area is 129 Å². The lowest BCUT2D eigenvalue weighted by atomic mass is 10.0. The van der Waals surface area contributed by atoms with Crippen LogP contribution in [0.5, 0.6) is 0 Å². The van der Waals surface area contributed by atoms with Crippen LogP contribution in [0.15, 0.2) is 54.1 Å². The number of rotatable bonds is 3. The first-order valence-electron chi connectivity index (χ1n) is 6.85. The van der Waals surface area contributed by atoms with Gasteiger partial charge in [-0.3, -0.25) is 0 Å². The van der Waals surface area contributed by atoms with E-state index in [1.54, 1.807) is 0 Å². The van der Waals surface area contributed by atoms with E-state index in [4.69, 9.17) is 23.2 Å². The second-order valence-electron chi connectivity index (χ2n) is 3.18. The third-order valence-electron chi connectivity index (χ3n) is 2.16. The lowest BCUT2D eigenvalue weighted by Crippen LogP contribution is -2.12. The maximum atomic E-state index is 6.35. The van der Waals surface area contributed by atoms with Gasteiger partial charge in [0.05, 0.1) is 0 Å². The third-order valence-corrected chi connectivity index (χ3v) is 3.03. The Morgan fingerprint density at radius 2 is 1.42 bits per heavy atom. The van der Waals surface area contributed by atoms with E-state index in [1.165, 1.54) is 0 Å². The summed E-state index contributed by atoms with van der Waals surface area (Å²) in [5.41, 5.74) is 1.78. The summed E-state index contributed by atoms with van der Waals surface area (Å²) >= 11 is 12.7. The number of hydrogen-bond donors (Lipinski definition) is 0. The van der Waals surface area contributed by atoms with Gasteiger partial charge in [0, 0.05) is 0 Å². The van der Waals surface area contributed by atoms with Crippen LogP contribution in [0.1, 0.15) is 47.1 Å². The van der Waals surface area contributed by atoms with E-state index >= 15 is 0 Å². The predicted octanol–water partition coefficient (Wildman–Crippen LogP) is 6.89. The molecule has 0 aliphatic carbocycles. The molecular formula is C17H26Cl2. The Morgan fingerprint density at radius 3 is 1.79 bits per heavy atom. The zero-order chi connectivity index (χ0) is 15.3. The molecule has 1 rings (SSSR count). The fourth-order valence-electron chi connectivity index (χ4n) is 1.38. The Balaban J connectivity index is 0. The number of hydrogen-bond acceptors (Lipinski definition) is 0. The monoisotopic (exact) mass is 300 g/mol. The zero-order valence-corrected chi connectivity index (χ0v) is 14.4. The molecule has 2 heteroatoms.